The van der Waals surface area contributed by atoms with Crippen LogP contribution in [0.4, 0.5) is 0 Å². The van der Waals surface area contributed by atoms with E-state index in [-0.39, 0.29) is 5.41 Å². The summed E-state index contributed by atoms with van der Waals surface area (Å²) in [7, 11) is 0. The molecule has 2 nitrogen and oxygen atoms in total. The molecule has 2 heteroatoms. The number of hydrogen-bond donors (Lipinski definition) is 0. The third kappa shape index (κ3) is 3.24. The third-order valence-corrected chi connectivity index (χ3v) is 6.78. The maximum absolute atomic E-state index is 11.7. The fraction of sp³-hybridized carbons (Fsp3) is 0.895. The fourth-order valence-electron chi connectivity index (χ4n) is 5.38. The summed E-state index contributed by atoms with van der Waals surface area (Å²) in [5.41, 5.74) is 0.243. The molecule has 120 valence electrons. The van der Waals surface area contributed by atoms with E-state index in [9.17, 15) is 9.59 Å². The van der Waals surface area contributed by atoms with Crippen LogP contribution in [0.15, 0.2) is 0 Å². The monoisotopic (exact) mass is 292 g/mol. The molecule has 0 bridgehead atoms. The Morgan fingerprint density at radius 3 is 2.57 bits per heavy atom. The van der Waals surface area contributed by atoms with E-state index in [1.54, 1.807) is 0 Å². The van der Waals surface area contributed by atoms with Crippen LogP contribution in [0.1, 0.15) is 78.6 Å². The lowest BCUT2D eigenvalue weighted by molar-refractivity contribution is -0.133. The zero-order valence-electron chi connectivity index (χ0n) is 14.1. The zero-order valence-corrected chi connectivity index (χ0v) is 14.1. The molecule has 0 aromatic carbocycles. The van der Waals surface area contributed by atoms with Crippen molar-refractivity contribution < 1.29 is 9.59 Å². The minimum Gasteiger partial charge on any atom is -0.303 e. The van der Waals surface area contributed by atoms with Crippen molar-refractivity contribution in [2.75, 3.05) is 0 Å². The second kappa shape index (κ2) is 6.62. The standard InChI is InChI=1S/C19H32O2/c1-15(10-13-20)8-9-16-6-4-7-17-18(2,14-21)11-5-12-19(16,17)3/h13-17H,4-12H2,1-3H3. The van der Waals surface area contributed by atoms with Gasteiger partial charge in [0, 0.05) is 11.8 Å². The van der Waals surface area contributed by atoms with Gasteiger partial charge in [-0.05, 0) is 55.3 Å². The van der Waals surface area contributed by atoms with E-state index in [2.05, 4.69) is 20.8 Å². The highest BCUT2D eigenvalue weighted by Gasteiger charge is 2.53. The average molecular weight is 292 g/mol. The van der Waals surface area contributed by atoms with Crippen molar-refractivity contribution in [2.24, 2.45) is 28.6 Å². The molecule has 0 heterocycles. The van der Waals surface area contributed by atoms with Crippen molar-refractivity contribution in [3.8, 4) is 0 Å². The first-order chi connectivity index (χ1) is 9.96. The van der Waals surface area contributed by atoms with E-state index in [4.69, 9.17) is 0 Å². The van der Waals surface area contributed by atoms with Gasteiger partial charge in [0.15, 0.2) is 0 Å². The van der Waals surface area contributed by atoms with E-state index in [1.165, 1.54) is 44.8 Å². The number of carbonyl (C=O) groups excluding carboxylic acids is 2. The first-order valence-electron chi connectivity index (χ1n) is 8.86. The third-order valence-electron chi connectivity index (χ3n) is 6.78. The van der Waals surface area contributed by atoms with Gasteiger partial charge in [0.1, 0.15) is 12.6 Å². The Hall–Kier alpha value is -0.660. The molecule has 0 aromatic rings. The van der Waals surface area contributed by atoms with Gasteiger partial charge < -0.3 is 9.59 Å². The fourth-order valence-corrected chi connectivity index (χ4v) is 5.38. The SMILES string of the molecule is CC(CC=O)CCC1CCCC2C(C)(C=O)CCCC12C. The summed E-state index contributed by atoms with van der Waals surface area (Å²) in [6.45, 7) is 6.83. The van der Waals surface area contributed by atoms with Crippen LogP contribution in [0.2, 0.25) is 0 Å². The molecule has 2 saturated carbocycles. The van der Waals surface area contributed by atoms with Gasteiger partial charge >= 0.3 is 0 Å². The topological polar surface area (TPSA) is 34.1 Å². The summed E-state index contributed by atoms with van der Waals surface area (Å²) >= 11 is 0. The summed E-state index contributed by atoms with van der Waals surface area (Å²) in [5.74, 6) is 1.81. The average Bonchev–Trinajstić information content (AvgIpc) is 2.45. The van der Waals surface area contributed by atoms with E-state index in [1.807, 2.05) is 0 Å². The van der Waals surface area contributed by atoms with Crippen molar-refractivity contribution >= 4 is 12.6 Å². The minimum absolute atomic E-state index is 0.0971. The van der Waals surface area contributed by atoms with E-state index in [0.717, 1.165) is 25.0 Å². The molecular weight excluding hydrogens is 260 g/mol. The molecule has 0 aromatic heterocycles. The van der Waals surface area contributed by atoms with Crippen LogP contribution >= 0.6 is 0 Å². The highest BCUT2D eigenvalue weighted by atomic mass is 16.1. The number of rotatable bonds is 6. The summed E-state index contributed by atoms with van der Waals surface area (Å²) in [6.07, 6.45) is 12.8. The number of hydrogen-bond acceptors (Lipinski definition) is 2. The van der Waals surface area contributed by atoms with E-state index >= 15 is 0 Å². The lowest BCUT2D eigenvalue weighted by Gasteiger charge is -2.56. The summed E-state index contributed by atoms with van der Waals surface area (Å²) in [4.78, 5) is 22.3. The molecule has 5 atom stereocenters. The van der Waals surface area contributed by atoms with Gasteiger partial charge in [-0.2, -0.15) is 0 Å². The highest BCUT2D eigenvalue weighted by Crippen LogP contribution is 2.60. The molecule has 2 fully saturated rings. The molecule has 0 spiro atoms. The van der Waals surface area contributed by atoms with Gasteiger partial charge in [-0.1, -0.05) is 40.0 Å². The van der Waals surface area contributed by atoms with E-state index in [0.29, 0.717) is 23.7 Å². The molecule has 21 heavy (non-hydrogen) atoms. The van der Waals surface area contributed by atoms with Gasteiger partial charge in [-0.15, -0.1) is 0 Å². The van der Waals surface area contributed by atoms with Crippen LogP contribution in [0.5, 0.6) is 0 Å². The van der Waals surface area contributed by atoms with Crippen molar-refractivity contribution in [2.45, 2.75) is 78.6 Å². The van der Waals surface area contributed by atoms with Crippen LogP contribution in [0.25, 0.3) is 0 Å². The van der Waals surface area contributed by atoms with Crippen LogP contribution in [-0.4, -0.2) is 12.6 Å². The number of fused-ring (bicyclic) bond motifs is 1. The Morgan fingerprint density at radius 1 is 1.14 bits per heavy atom. The second-order valence-corrected chi connectivity index (χ2v) is 8.25. The van der Waals surface area contributed by atoms with Crippen LogP contribution in [-0.2, 0) is 9.59 Å². The predicted molar refractivity (Wildman–Crippen MR) is 86.0 cm³/mol. The summed E-state index contributed by atoms with van der Waals surface area (Å²) in [5, 5.41) is 0. The molecule has 0 radical (unpaired) electrons. The first-order valence-corrected chi connectivity index (χ1v) is 8.86. The smallest absolute Gasteiger partial charge is 0.126 e. The molecule has 0 amide bonds. The van der Waals surface area contributed by atoms with Gasteiger partial charge in [-0.3, -0.25) is 0 Å². The maximum Gasteiger partial charge on any atom is 0.126 e. The Morgan fingerprint density at radius 2 is 1.90 bits per heavy atom. The Bertz CT molecular complexity index is 378. The van der Waals surface area contributed by atoms with Crippen LogP contribution in [0, 0.1) is 28.6 Å². The van der Waals surface area contributed by atoms with E-state index < -0.39 is 0 Å². The molecule has 2 aliphatic rings. The molecule has 5 unspecified atom stereocenters. The largest absolute Gasteiger partial charge is 0.303 e. The van der Waals surface area contributed by atoms with Crippen molar-refractivity contribution in [3.05, 3.63) is 0 Å². The lowest BCUT2D eigenvalue weighted by Crippen LogP contribution is -2.50. The molecular formula is C19H32O2. The predicted octanol–water partition coefficient (Wildman–Crippen LogP) is 4.80. The maximum atomic E-state index is 11.7. The Balaban J connectivity index is 2.09. The van der Waals surface area contributed by atoms with Gasteiger partial charge in [-0.25, -0.2) is 0 Å². The lowest BCUT2D eigenvalue weighted by atomic mass is 9.47. The molecule has 0 aliphatic heterocycles. The normalized spacial score (nSPS) is 41.1. The first kappa shape index (κ1) is 16.7. The van der Waals surface area contributed by atoms with Gasteiger partial charge in [0.05, 0.1) is 0 Å². The summed E-state index contributed by atoms with van der Waals surface area (Å²) < 4.78 is 0. The Kier molecular flexibility index (Phi) is 5.27. The number of aldehydes is 2. The van der Waals surface area contributed by atoms with Crippen LogP contribution in [0.3, 0.4) is 0 Å². The molecule has 2 rings (SSSR count). The van der Waals surface area contributed by atoms with Crippen molar-refractivity contribution in [1.29, 1.82) is 0 Å². The Labute approximate surface area is 130 Å². The molecule has 0 N–H and O–H groups in total. The highest BCUT2D eigenvalue weighted by molar-refractivity contribution is 5.60. The van der Waals surface area contributed by atoms with Gasteiger partial charge in [0.25, 0.3) is 0 Å². The van der Waals surface area contributed by atoms with Crippen molar-refractivity contribution in [3.63, 3.8) is 0 Å². The minimum atomic E-state index is -0.0971. The number of carbonyl (C=O) groups is 2. The molecule has 0 saturated heterocycles. The zero-order chi connectivity index (χ0) is 15.5. The molecule has 2 aliphatic carbocycles. The van der Waals surface area contributed by atoms with Gasteiger partial charge in [0.2, 0.25) is 0 Å². The van der Waals surface area contributed by atoms with Crippen molar-refractivity contribution in [1.82, 2.24) is 0 Å². The van der Waals surface area contributed by atoms with Crippen LogP contribution < -0.4 is 0 Å². The summed E-state index contributed by atoms with van der Waals surface area (Å²) in [6, 6.07) is 0. The second-order valence-electron chi connectivity index (χ2n) is 8.25. The quantitative estimate of drug-likeness (QED) is 0.659.